The molecule has 2 rings (SSSR count). The van der Waals surface area contributed by atoms with Gasteiger partial charge >= 0.3 is 6.03 Å². The third-order valence-corrected chi connectivity index (χ3v) is 2.08. The van der Waals surface area contributed by atoms with Crippen LogP contribution in [-0.2, 0) is 0 Å². The van der Waals surface area contributed by atoms with Gasteiger partial charge in [0.15, 0.2) is 6.29 Å². The summed E-state index contributed by atoms with van der Waals surface area (Å²) in [5, 5.41) is 0.827. The minimum absolute atomic E-state index is 0.277. The van der Waals surface area contributed by atoms with Crippen LogP contribution in [0.1, 0.15) is 10.5 Å². The van der Waals surface area contributed by atoms with Crippen molar-refractivity contribution in [3.05, 3.63) is 36.0 Å². The van der Waals surface area contributed by atoms with Crippen molar-refractivity contribution in [1.29, 1.82) is 0 Å². The van der Waals surface area contributed by atoms with E-state index in [1.165, 1.54) is 4.57 Å². The maximum atomic E-state index is 11.1. The van der Waals surface area contributed by atoms with Crippen molar-refractivity contribution < 1.29 is 9.59 Å². The third kappa shape index (κ3) is 1.08. The number of carbonyl (C=O) groups excluding carboxylic acids is 2. The molecule has 0 fully saturated rings. The number of aromatic nitrogens is 1. The van der Waals surface area contributed by atoms with Crippen molar-refractivity contribution in [1.82, 2.24) is 4.57 Å². The summed E-state index contributed by atoms with van der Waals surface area (Å²) in [5.74, 6) is 0. The fourth-order valence-electron chi connectivity index (χ4n) is 1.51. The van der Waals surface area contributed by atoms with Crippen LogP contribution in [0.4, 0.5) is 4.79 Å². The van der Waals surface area contributed by atoms with Gasteiger partial charge in [0.25, 0.3) is 0 Å². The quantitative estimate of drug-likeness (QED) is 0.687. The van der Waals surface area contributed by atoms with Gasteiger partial charge < -0.3 is 5.73 Å². The SMILES string of the molecule is NC(=O)n1c(C=O)cc2ccccc21. The summed E-state index contributed by atoms with van der Waals surface area (Å²) >= 11 is 0. The summed E-state index contributed by atoms with van der Waals surface area (Å²) in [6.45, 7) is 0. The summed E-state index contributed by atoms with van der Waals surface area (Å²) < 4.78 is 1.20. The van der Waals surface area contributed by atoms with E-state index in [-0.39, 0.29) is 5.69 Å². The van der Waals surface area contributed by atoms with Crippen LogP contribution < -0.4 is 5.73 Å². The highest BCUT2D eigenvalue weighted by Crippen LogP contribution is 2.17. The molecule has 0 atom stereocenters. The van der Waals surface area contributed by atoms with Crippen LogP contribution in [0, 0.1) is 0 Å². The molecule has 0 aliphatic carbocycles. The molecule has 0 bridgehead atoms. The van der Waals surface area contributed by atoms with Crippen molar-refractivity contribution in [3.63, 3.8) is 0 Å². The molecule has 2 N–H and O–H groups in total. The van der Waals surface area contributed by atoms with Gasteiger partial charge in [0.05, 0.1) is 11.2 Å². The summed E-state index contributed by atoms with van der Waals surface area (Å²) in [5.41, 5.74) is 6.10. The Kier molecular flexibility index (Phi) is 1.81. The van der Waals surface area contributed by atoms with Crippen molar-refractivity contribution in [2.45, 2.75) is 0 Å². The standard InChI is InChI=1S/C10H8N2O2/c11-10(14)12-8(6-13)5-7-3-1-2-4-9(7)12/h1-6H,(H2,11,14). The number of carbonyl (C=O) groups is 2. The maximum Gasteiger partial charge on any atom is 0.324 e. The van der Waals surface area contributed by atoms with Crippen molar-refractivity contribution in [2.75, 3.05) is 0 Å². The number of rotatable bonds is 1. The fraction of sp³-hybridized carbons (Fsp3) is 0. The first kappa shape index (κ1) is 8.50. The van der Waals surface area contributed by atoms with Crippen molar-refractivity contribution in [3.8, 4) is 0 Å². The Morgan fingerprint density at radius 2 is 2.07 bits per heavy atom. The average Bonchev–Trinajstić information content (AvgIpc) is 2.55. The van der Waals surface area contributed by atoms with E-state index in [0.29, 0.717) is 11.8 Å². The van der Waals surface area contributed by atoms with Gasteiger partial charge in [0.1, 0.15) is 0 Å². The van der Waals surface area contributed by atoms with Crippen LogP contribution in [-0.4, -0.2) is 16.9 Å². The van der Waals surface area contributed by atoms with Gasteiger partial charge in [-0.3, -0.25) is 9.36 Å². The number of fused-ring (bicyclic) bond motifs is 1. The number of hydrogen-bond donors (Lipinski definition) is 1. The molecule has 1 aromatic heterocycles. The average molecular weight is 188 g/mol. The Bertz CT molecular complexity index is 514. The van der Waals surface area contributed by atoms with E-state index in [2.05, 4.69) is 0 Å². The number of nitrogens with two attached hydrogens (primary N) is 1. The summed E-state index contributed by atoms with van der Waals surface area (Å²) in [6.07, 6.45) is 0.616. The van der Waals surface area contributed by atoms with E-state index < -0.39 is 6.03 Å². The molecule has 70 valence electrons. The van der Waals surface area contributed by atoms with Crippen molar-refractivity contribution >= 4 is 23.2 Å². The number of aldehydes is 1. The molecule has 0 spiro atoms. The van der Waals surface area contributed by atoms with Crippen LogP contribution in [0.5, 0.6) is 0 Å². The highest BCUT2D eigenvalue weighted by molar-refractivity contribution is 5.97. The number of benzene rings is 1. The normalized spacial score (nSPS) is 10.3. The van der Waals surface area contributed by atoms with Crippen LogP contribution in [0.25, 0.3) is 10.9 Å². The van der Waals surface area contributed by atoms with Crippen LogP contribution in [0.15, 0.2) is 30.3 Å². The molecular weight excluding hydrogens is 180 g/mol. The zero-order valence-corrected chi connectivity index (χ0v) is 7.31. The second-order valence-corrected chi connectivity index (χ2v) is 2.92. The lowest BCUT2D eigenvalue weighted by molar-refractivity contribution is 0.111. The number of amides is 1. The molecule has 0 aliphatic heterocycles. The summed E-state index contributed by atoms with van der Waals surface area (Å²) in [7, 11) is 0. The number of primary amides is 1. The van der Waals surface area contributed by atoms with E-state index in [4.69, 9.17) is 5.73 Å². The lowest BCUT2D eigenvalue weighted by Gasteiger charge is -1.99. The van der Waals surface area contributed by atoms with Crippen LogP contribution >= 0.6 is 0 Å². The van der Waals surface area contributed by atoms with E-state index in [9.17, 15) is 9.59 Å². The molecule has 0 aliphatic rings. The topological polar surface area (TPSA) is 65.1 Å². The molecule has 2 aromatic rings. The van der Waals surface area contributed by atoms with Crippen LogP contribution in [0.2, 0.25) is 0 Å². The van der Waals surface area contributed by atoms with Gasteiger partial charge in [0, 0.05) is 5.39 Å². The minimum atomic E-state index is -0.645. The predicted molar refractivity (Wildman–Crippen MR) is 52.3 cm³/mol. The molecule has 4 heteroatoms. The Morgan fingerprint density at radius 1 is 1.36 bits per heavy atom. The fourth-order valence-corrected chi connectivity index (χ4v) is 1.51. The number of para-hydroxylation sites is 1. The van der Waals surface area contributed by atoms with Gasteiger partial charge in [-0.2, -0.15) is 0 Å². The second kappa shape index (κ2) is 2.99. The molecular formula is C10H8N2O2. The van der Waals surface area contributed by atoms with E-state index in [0.717, 1.165) is 5.39 Å². The smallest absolute Gasteiger partial charge is 0.324 e. The molecule has 0 saturated carbocycles. The zero-order chi connectivity index (χ0) is 10.1. The van der Waals surface area contributed by atoms with E-state index >= 15 is 0 Å². The Labute approximate surface area is 79.9 Å². The largest absolute Gasteiger partial charge is 0.351 e. The Balaban J connectivity index is 2.87. The number of hydrogen-bond acceptors (Lipinski definition) is 2. The second-order valence-electron chi connectivity index (χ2n) is 2.92. The zero-order valence-electron chi connectivity index (χ0n) is 7.31. The lowest BCUT2D eigenvalue weighted by atomic mass is 10.2. The molecule has 1 heterocycles. The molecule has 0 saturated heterocycles. The molecule has 0 unspecified atom stereocenters. The Morgan fingerprint density at radius 3 is 2.71 bits per heavy atom. The summed E-state index contributed by atoms with van der Waals surface area (Å²) in [6, 6.07) is 8.17. The number of nitrogens with zero attached hydrogens (tertiary/aromatic N) is 1. The van der Waals surface area contributed by atoms with Crippen LogP contribution in [0.3, 0.4) is 0 Å². The molecule has 1 amide bonds. The minimum Gasteiger partial charge on any atom is -0.351 e. The molecule has 0 radical (unpaired) electrons. The van der Waals surface area contributed by atoms with Gasteiger partial charge in [-0.1, -0.05) is 18.2 Å². The monoisotopic (exact) mass is 188 g/mol. The van der Waals surface area contributed by atoms with Crippen molar-refractivity contribution in [2.24, 2.45) is 5.73 Å². The maximum absolute atomic E-state index is 11.1. The molecule has 4 nitrogen and oxygen atoms in total. The summed E-state index contributed by atoms with van der Waals surface area (Å²) in [4.78, 5) is 21.8. The van der Waals surface area contributed by atoms with Gasteiger partial charge in [-0.25, -0.2) is 4.79 Å². The lowest BCUT2D eigenvalue weighted by Crippen LogP contribution is -2.21. The highest BCUT2D eigenvalue weighted by atomic mass is 16.2. The predicted octanol–water partition coefficient (Wildman–Crippen LogP) is 1.38. The third-order valence-electron chi connectivity index (χ3n) is 2.08. The Hall–Kier alpha value is -2.10. The van der Waals surface area contributed by atoms with E-state index in [1.807, 2.05) is 12.1 Å². The molecule has 14 heavy (non-hydrogen) atoms. The van der Waals surface area contributed by atoms with Gasteiger partial charge in [0.2, 0.25) is 0 Å². The highest BCUT2D eigenvalue weighted by Gasteiger charge is 2.10. The van der Waals surface area contributed by atoms with Gasteiger partial charge in [-0.05, 0) is 12.1 Å². The van der Waals surface area contributed by atoms with E-state index in [1.54, 1.807) is 18.2 Å². The van der Waals surface area contributed by atoms with Gasteiger partial charge in [-0.15, -0.1) is 0 Å². The first-order chi connectivity index (χ1) is 6.74. The first-order valence-corrected chi connectivity index (χ1v) is 4.09. The first-order valence-electron chi connectivity index (χ1n) is 4.09. The molecule has 1 aromatic carbocycles.